The molecule has 1 atom stereocenters. The monoisotopic (exact) mass is 301 g/mol. The molecule has 1 aromatic rings. The number of anilines is 1. The minimum atomic E-state index is -1.34. The topological polar surface area (TPSA) is 118 Å². The van der Waals surface area contributed by atoms with Crippen molar-refractivity contribution >= 4 is 34.9 Å². The van der Waals surface area contributed by atoms with Crippen molar-refractivity contribution in [3.05, 3.63) is 11.1 Å². The maximum atomic E-state index is 11.6. The van der Waals surface area contributed by atoms with E-state index in [1.807, 2.05) is 0 Å². The molecule has 110 valence electrons. The summed E-state index contributed by atoms with van der Waals surface area (Å²) in [6.07, 6.45) is -0.428. The molecule has 0 radical (unpaired) electrons. The number of rotatable bonds is 5. The number of hydrogen-bond donors (Lipinski definition) is 3. The van der Waals surface area contributed by atoms with Crippen LogP contribution in [0.15, 0.2) is 5.38 Å². The van der Waals surface area contributed by atoms with Crippen LogP contribution in [-0.2, 0) is 14.3 Å². The van der Waals surface area contributed by atoms with E-state index in [2.05, 4.69) is 15.6 Å². The van der Waals surface area contributed by atoms with Gasteiger partial charge in [-0.2, -0.15) is 0 Å². The first-order valence-electron chi connectivity index (χ1n) is 5.61. The third-order valence-corrected chi connectivity index (χ3v) is 2.70. The van der Waals surface area contributed by atoms with Gasteiger partial charge >= 0.3 is 12.1 Å². The van der Waals surface area contributed by atoms with Crippen LogP contribution in [0.2, 0.25) is 0 Å². The number of carboxylic acid groups (broad SMARTS) is 1. The summed E-state index contributed by atoms with van der Waals surface area (Å²) in [4.78, 5) is 36.9. The molecule has 0 aromatic carbocycles. The fraction of sp³-hybridized carbons (Fsp3) is 0.455. The van der Waals surface area contributed by atoms with Crippen LogP contribution in [0.25, 0.3) is 0 Å². The third kappa shape index (κ3) is 4.84. The fourth-order valence-corrected chi connectivity index (χ4v) is 1.92. The van der Waals surface area contributed by atoms with Crippen LogP contribution in [0, 0.1) is 0 Å². The Balaban J connectivity index is 2.81. The van der Waals surface area contributed by atoms with Crippen LogP contribution in [-0.4, -0.2) is 34.2 Å². The van der Waals surface area contributed by atoms with Crippen molar-refractivity contribution in [3.63, 3.8) is 0 Å². The van der Waals surface area contributed by atoms with Crippen molar-refractivity contribution in [2.75, 3.05) is 5.32 Å². The first-order valence-corrected chi connectivity index (χ1v) is 6.49. The highest BCUT2D eigenvalue weighted by atomic mass is 32.1. The molecule has 0 aliphatic heterocycles. The summed E-state index contributed by atoms with van der Waals surface area (Å²) in [6, 6.07) is -1.34. The first kappa shape index (κ1) is 15.9. The smallest absolute Gasteiger partial charge is 0.408 e. The van der Waals surface area contributed by atoms with Crippen molar-refractivity contribution in [1.29, 1.82) is 0 Å². The highest BCUT2D eigenvalue weighted by molar-refractivity contribution is 7.13. The summed E-state index contributed by atoms with van der Waals surface area (Å²) in [5.41, 5.74) is -0.628. The average molecular weight is 301 g/mol. The Labute approximate surface area is 119 Å². The number of hydrogen-bond acceptors (Lipinski definition) is 6. The second kappa shape index (κ2) is 6.33. The van der Waals surface area contributed by atoms with E-state index in [1.54, 1.807) is 20.8 Å². The van der Waals surface area contributed by atoms with Gasteiger partial charge in [0, 0.05) is 5.38 Å². The summed E-state index contributed by atoms with van der Waals surface area (Å²) in [7, 11) is 0. The van der Waals surface area contributed by atoms with Gasteiger partial charge in [0.25, 0.3) is 0 Å². The minimum absolute atomic E-state index is 0.109. The van der Waals surface area contributed by atoms with E-state index in [0.29, 0.717) is 6.41 Å². The highest BCUT2D eigenvalue weighted by Crippen LogP contribution is 2.21. The molecule has 0 saturated heterocycles. The van der Waals surface area contributed by atoms with Gasteiger partial charge in [0.1, 0.15) is 5.60 Å². The standard InChI is InChI=1S/C11H15N3O5S/c1-11(2,3)19-10(18)14-7(8(16)17)6-4-20-9(13-6)12-5-15/h4-5,7H,1-3H3,(H,14,18)(H,16,17)(H,12,13,15). The number of carbonyl (C=O) groups excluding carboxylic acids is 2. The number of nitrogens with zero attached hydrogens (tertiary/aromatic N) is 1. The van der Waals surface area contributed by atoms with Crippen LogP contribution < -0.4 is 10.6 Å². The lowest BCUT2D eigenvalue weighted by molar-refractivity contribution is -0.139. The summed E-state index contributed by atoms with van der Waals surface area (Å²) in [6.45, 7) is 4.99. The molecule has 0 fully saturated rings. The Morgan fingerprint density at radius 1 is 1.50 bits per heavy atom. The van der Waals surface area contributed by atoms with Crippen molar-refractivity contribution in [1.82, 2.24) is 10.3 Å². The number of thiazole rings is 1. The normalized spacial score (nSPS) is 12.3. The third-order valence-electron chi connectivity index (χ3n) is 1.91. The molecule has 0 aliphatic rings. The van der Waals surface area contributed by atoms with E-state index < -0.39 is 23.7 Å². The van der Waals surface area contributed by atoms with Gasteiger partial charge in [0.2, 0.25) is 6.41 Å². The Hall–Kier alpha value is -2.16. The predicted molar refractivity (Wildman–Crippen MR) is 71.5 cm³/mol. The van der Waals surface area contributed by atoms with E-state index in [-0.39, 0.29) is 10.8 Å². The van der Waals surface area contributed by atoms with Gasteiger partial charge in [-0.3, -0.25) is 4.79 Å². The quantitative estimate of drug-likeness (QED) is 0.707. The SMILES string of the molecule is CC(C)(C)OC(=O)NC(C(=O)O)c1csc(NC=O)n1. The van der Waals surface area contributed by atoms with Crippen LogP contribution in [0.1, 0.15) is 32.5 Å². The Kier molecular flexibility index (Phi) is 5.03. The number of aromatic nitrogens is 1. The molecule has 0 bridgehead atoms. The molecular weight excluding hydrogens is 286 g/mol. The van der Waals surface area contributed by atoms with Gasteiger partial charge in [-0.15, -0.1) is 11.3 Å². The molecule has 0 saturated carbocycles. The lowest BCUT2D eigenvalue weighted by atomic mass is 10.2. The predicted octanol–water partition coefficient (Wildman–Crippen LogP) is 1.36. The zero-order valence-corrected chi connectivity index (χ0v) is 12.0. The van der Waals surface area contributed by atoms with Crippen LogP contribution >= 0.6 is 11.3 Å². The highest BCUT2D eigenvalue weighted by Gasteiger charge is 2.27. The molecule has 1 aromatic heterocycles. The maximum Gasteiger partial charge on any atom is 0.408 e. The van der Waals surface area contributed by atoms with Crippen LogP contribution in [0.3, 0.4) is 0 Å². The number of aliphatic carboxylic acids is 1. The molecule has 20 heavy (non-hydrogen) atoms. The number of nitrogens with one attached hydrogen (secondary N) is 2. The van der Waals surface area contributed by atoms with Gasteiger partial charge in [-0.1, -0.05) is 0 Å². The van der Waals surface area contributed by atoms with E-state index in [4.69, 9.17) is 9.84 Å². The summed E-state index contributed by atoms with van der Waals surface area (Å²) < 4.78 is 4.98. The fourth-order valence-electron chi connectivity index (χ4n) is 1.22. The molecule has 3 N–H and O–H groups in total. The zero-order valence-electron chi connectivity index (χ0n) is 11.2. The number of ether oxygens (including phenoxy) is 1. The molecule has 8 nitrogen and oxygen atoms in total. The minimum Gasteiger partial charge on any atom is -0.479 e. The maximum absolute atomic E-state index is 11.6. The number of carbonyl (C=O) groups is 3. The molecule has 0 spiro atoms. The second-order valence-electron chi connectivity index (χ2n) is 4.76. The zero-order chi connectivity index (χ0) is 15.3. The molecule has 9 heteroatoms. The molecule has 2 amide bonds. The Morgan fingerprint density at radius 2 is 2.15 bits per heavy atom. The second-order valence-corrected chi connectivity index (χ2v) is 5.62. The number of carboxylic acids is 1. The summed E-state index contributed by atoms with van der Waals surface area (Å²) >= 11 is 1.05. The van der Waals surface area contributed by atoms with Gasteiger partial charge in [0.15, 0.2) is 11.2 Å². The first-order chi connectivity index (χ1) is 9.23. The largest absolute Gasteiger partial charge is 0.479 e. The molecular formula is C11H15N3O5S. The van der Waals surface area contributed by atoms with Gasteiger partial charge < -0.3 is 20.5 Å². The molecule has 1 heterocycles. The van der Waals surface area contributed by atoms with E-state index in [1.165, 1.54) is 5.38 Å². The average Bonchev–Trinajstić information content (AvgIpc) is 2.72. The summed E-state index contributed by atoms with van der Waals surface area (Å²) in [5, 5.41) is 15.3. The van der Waals surface area contributed by atoms with Crippen molar-refractivity contribution in [2.45, 2.75) is 32.4 Å². The number of amides is 2. The molecule has 0 aliphatic carbocycles. The van der Waals surface area contributed by atoms with E-state index in [0.717, 1.165) is 11.3 Å². The summed E-state index contributed by atoms with van der Waals surface area (Å²) in [5.74, 6) is -1.28. The lowest BCUT2D eigenvalue weighted by Gasteiger charge is -2.21. The molecule has 1 unspecified atom stereocenters. The van der Waals surface area contributed by atoms with E-state index >= 15 is 0 Å². The molecule has 1 rings (SSSR count). The van der Waals surface area contributed by atoms with Crippen LogP contribution in [0.4, 0.5) is 9.93 Å². The van der Waals surface area contributed by atoms with Gasteiger partial charge in [0.05, 0.1) is 5.69 Å². The lowest BCUT2D eigenvalue weighted by Crippen LogP contribution is -2.38. The van der Waals surface area contributed by atoms with Gasteiger partial charge in [-0.05, 0) is 20.8 Å². The number of alkyl carbamates (subject to hydrolysis) is 1. The van der Waals surface area contributed by atoms with Crippen molar-refractivity contribution in [3.8, 4) is 0 Å². The van der Waals surface area contributed by atoms with E-state index in [9.17, 15) is 14.4 Å². The van der Waals surface area contributed by atoms with Crippen molar-refractivity contribution in [2.24, 2.45) is 0 Å². The Bertz CT molecular complexity index is 508. The van der Waals surface area contributed by atoms with Crippen LogP contribution in [0.5, 0.6) is 0 Å². The van der Waals surface area contributed by atoms with Gasteiger partial charge in [-0.25, -0.2) is 14.6 Å². The van der Waals surface area contributed by atoms with Crippen molar-refractivity contribution < 1.29 is 24.2 Å². The Morgan fingerprint density at radius 3 is 2.65 bits per heavy atom.